The van der Waals surface area contributed by atoms with Gasteiger partial charge in [-0.05, 0) is 49.2 Å². The number of carbonyl (C=O) groups excluding carboxylic acids is 1. The molecule has 2 aromatic rings. The van der Waals surface area contributed by atoms with E-state index in [4.69, 9.17) is 10.5 Å². The van der Waals surface area contributed by atoms with E-state index in [-0.39, 0.29) is 5.91 Å². The molecule has 0 saturated heterocycles. The molecule has 3 N–H and O–H groups in total. The Kier molecular flexibility index (Phi) is 3.94. The first-order valence-electron chi connectivity index (χ1n) is 6.33. The Labute approximate surface area is 118 Å². The zero-order valence-corrected chi connectivity index (χ0v) is 11.9. The Morgan fingerprint density at radius 3 is 2.45 bits per heavy atom. The highest BCUT2D eigenvalue weighted by Gasteiger charge is 2.09. The molecule has 0 atom stereocenters. The summed E-state index contributed by atoms with van der Waals surface area (Å²) in [4.78, 5) is 12.2. The molecule has 0 aliphatic carbocycles. The third kappa shape index (κ3) is 2.91. The van der Waals surface area contributed by atoms with Crippen LogP contribution in [-0.2, 0) is 0 Å². The number of aryl methyl sites for hydroxylation is 2. The van der Waals surface area contributed by atoms with Crippen molar-refractivity contribution in [2.24, 2.45) is 0 Å². The quantitative estimate of drug-likeness (QED) is 0.842. The summed E-state index contributed by atoms with van der Waals surface area (Å²) in [5.41, 5.74) is 9.69. The second kappa shape index (κ2) is 5.65. The molecule has 0 bridgehead atoms. The molecule has 4 nitrogen and oxygen atoms in total. The first-order chi connectivity index (χ1) is 9.51. The Morgan fingerprint density at radius 1 is 1.10 bits per heavy atom. The number of nitrogens with one attached hydrogen (secondary N) is 1. The van der Waals surface area contributed by atoms with E-state index < -0.39 is 0 Å². The fourth-order valence-corrected chi connectivity index (χ4v) is 1.88. The number of hydrogen-bond donors (Lipinski definition) is 2. The molecule has 4 heteroatoms. The summed E-state index contributed by atoms with van der Waals surface area (Å²) in [7, 11) is 1.59. The first-order valence-corrected chi connectivity index (χ1v) is 6.33. The number of nitrogen functional groups attached to an aromatic ring is 1. The lowest BCUT2D eigenvalue weighted by molar-refractivity contribution is 0.102. The topological polar surface area (TPSA) is 64.3 Å². The van der Waals surface area contributed by atoms with Crippen LogP contribution in [0.1, 0.15) is 21.5 Å². The van der Waals surface area contributed by atoms with Crippen LogP contribution in [0, 0.1) is 13.8 Å². The van der Waals surface area contributed by atoms with E-state index in [0.717, 1.165) is 11.1 Å². The van der Waals surface area contributed by atoms with Crippen LogP contribution in [0.25, 0.3) is 0 Å². The van der Waals surface area contributed by atoms with Crippen molar-refractivity contribution in [2.75, 3.05) is 18.2 Å². The van der Waals surface area contributed by atoms with Crippen LogP contribution in [0.15, 0.2) is 36.4 Å². The molecule has 0 fully saturated rings. The number of nitrogens with two attached hydrogens (primary N) is 1. The summed E-state index contributed by atoms with van der Waals surface area (Å²) in [5, 5.41) is 2.82. The Bertz CT molecular complexity index is 651. The van der Waals surface area contributed by atoms with Gasteiger partial charge in [0.2, 0.25) is 0 Å². The van der Waals surface area contributed by atoms with Crippen molar-refractivity contribution < 1.29 is 9.53 Å². The maximum absolute atomic E-state index is 12.2. The standard InChI is InChI=1S/C16H18N2O2/c1-10-5-7-13(9-14(10)17)18-16(19)12-6-4-11(2)15(8-12)20-3/h4-9H,17H2,1-3H3,(H,18,19). The van der Waals surface area contributed by atoms with Gasteiger partial charge in [0, 0.05) is 16.9 Å². The van der Waals surface area contributed by atoms with Crippen LogP contribution in [0.2, 0.25) is 0 Å². The van der Waals surface area contributed by atoms with Gasteiger partial charge in [-0.3, -0.25) is 4.79 Å². The van der Waals surface area contributed by atoms with Crippen molar-refractivity contribution in [3.05, 3.63) is 53.1 Å². The molecular weight excluding hydrogens is 252 g/mol. The normalized spacial score (nSPS) is 10.2. The summed E-state index contributed by atoms with van der Waals surface area (Å²) in [6, 6.07) is 10.8. The summed E-state index contributed by atoms with van der Waals surface area (Å²) in [5.74, 6) is 0.507. The fourth-order valence-electron chi connectivity index (χ4n) is 1.88. The van der Waals surface area contributed by atoms with Gasteiger partial charge in [-0.25, -0.2) is 0 Å². The van der Waals surface area contributed by atoms with Crippen molar-refractivity contribution >= 4 is 17.3 Å². The van der Waals surface area contributed by atoms with E-state index in [2.05, 4.69) is 5.32 Å². The second-order valence-corrected chi connectivity index (χ2v) is 4.71. The summed E-state index contributed by atoms with van der Waals surface area (Å²) in [6.45, 7) is 3.85. The van der Waals surface area contributed by atoms with Gasteiger partial charge in [0.1, 0.15) is 5.75 Å². The molecule has 1 amide bonds. The van der Waals surface area contributed by atoms with Gasteiger partial charge in [0.05, 0.1) is 7.11 Å². The maximum atomic E-state index is 12.2. The molecule has 0 unspecified atom stereocenters. The van der Waals surface area contributed by atoms with Crippen LogP contribution < -0.4 is 15.8 Å². The summed E-state index contributed by atoms with van der Waals surface area (Å²) >= 11 is 0. The lowest BCUT2D eigenvalue weighted by atomic mass is 10.1. The van der Waals surface area contributed by atoms with E-state index in [9.17, 15) is 4.79 Å². The van der Waals surface area contributed by atoms with Crippen molar-refractivity contribution in [2.45, 2.75) is 13.8 Å². The van der Waals surface area contributed by atoms with Crippen molar-refractivity contribution in [1.29, 1.82) is 0 Å². The van der Waals surface area contributed by atoms with Crippen LogP contribution in [0.3, 0.4) is 0 Å². The molecule has 0 spiro atoms. The highest BCUT2D eigenvalue weighted by molar-refractivity contribution is 6.04. The van der Waals surface area contributed by atoms with Crippen LogP contribution in [-0.4, -0.2) is 13.0 Å². The van der Waals surface area contributed by atoms with E-state index >= 15 is 0 Å². The smallest absolute Gasteiger partial charge is 0.255 e. The zero-order chi connectivity index (χ0) is 14.7. The van der Waals surface area contributed by atoms with Gasteiger partial charge in [-0.15, -0.1) is 0 Å². The van der Waals surface area contributed by atoms with E-state index in [1.807, 2.05) is 32.0 Å². The SMILES string of the molecule is COc1cc(C(=O)Nc2ccc(C)c(N)c2)ccc1C. The molecule has 20 heavy (non-hydrogen) atoms. The number of hydrogen-bond acceptors (Lipinski definition) is 3. The minimum atomic E-state index is -0.188. The molecule has 0 aliphatic heterocycles. The fraction of sp³-hybridized carbons (Fsp3) is 0.188. The number of rotatable bonds is 3. The Balaban J connectivity index is 2.21. The third-order valence-corrected chi connectivity index (χ3v) is 3.21. The molecule has 2 rings (SSSR count). The highest BCUT2D eigenvalue weighted by atomic mass is 16.5. The van der Waals surface area contributed by atoms with E-state index in [1.165, 1.54) is 0 Å². The largest absolute Gasteiger partial charge is 0.496 e. The van der Waals surface area contributed by atoms with Gasteiger partial charge < -0.3 is 15.8 Å². The lowest BCUT2D eigenvalue weighted by Crippen LogP contribution is -2.12. The predicted octanol–water partition coefficient (Wildman–Crippen LogP) is 3.15. The first kappa shape index (κ1) is 13.9. The minimum absolute atomic E-state index is 0.188. The Hall–Kier alpha value is -2.49. The number of carbonyl (C=O) groups is 1. The number of amides is 1. The van der Waals surface area contributed by atoms with E-state index in [1.54, 1.807) is 25.3 Å². The summed E-state index contributed by atoms with van der Waals surface area (Å²) < 4.78 is 5.22. The average Bonchev–Trinajstić information content (AvgIpc) is 2.43. The van der Waals surface area contributed by atoms with Gasteiger partial charge in [-0.2, -0.15) is 0 Å². The zero-order valence-electron chi connectivity index (χ0n) is 11.9. The number of methoxy groups -OCH3 is 1. The van der Waals surface area contributed by atoms with Gasteiger partial charge in [-0.1, -0.05) is 12.1 Å². The summed E-state index contributed by atoms with van der Waals surface area (Å²) in [6.07, 6.45) is 0. The molecular formula is C16H18N2O2. The molecule has 0 radical (unpaired) electrons. The van der Waals surface area contributed by atoms with Crippen molar-refractivity contribution in [3.63, 3.8) is 0 Å². The van der Waals surface area contributed by atoms with Gasteiger partial charge in [0.25, 0.3) is 5.91 Å². The van der Waals surface area contributed by atoms with Crippen molar-refractivity contribution in [3.8, 4) is 5.75 Å². The van der Waals surface area contributed by atoms with Crippen molar-refractivity contribution in [1.82, 2.24) is 0 Å². The molecule has 0 heterocycles. The molecule has 2 aromatic carbocycles. The molecule has 0 saturated carbocycles. The molecule has 104 valence electrons. The molecule has 0 aromatic heterocycles. The third-order valence-electron chi connectivity index (χ3n) is 3.21. The average molecular weight is 270 g/mol. The minimum Gasteiger partial charge on any atom is -0.496 e. The number of benzene rings is 2. The Morgan fingerprint density at radius 2 is 1.80 bits per heavy atom. The lowest BCUT2D eigenvalue weighted by Gasteiger charge is -2.10. The number of anilines is 2. The number of ether oxygens (including phenoxy) is 1. The van der Waals surface area contributed by atoms with Crippen LogP contribution in [0.4, 0.5) is 11.4 Å². The predicted molar refractivity (Wildman–Crippen MR) is 81.3 cm³/mol. The highest BCUT2D eigenvalue weighted by Crippen LogP contribution is 2.21. The van der Waals surface area contributed by atoms with E-state index in [0.29, 0.717) is 22.7 Å². The second-order valence-electron chi connectivity index (χ2n) is 4.71. The van der Waals surface area contributed by atoms with Crippen LogP contribution >= 0.6 is 0 Å². The van der Waals surface area contributed by atoms with Crippen LogP contribution in [0.5, 0.6) is 5.75 Å². The van der Waals surface area contributed by atoms with Gasteiger partial charge >= 0.3 is 0 Å². The maximum Gasteiger partial charge on any atom is 0.255 e. The molecule has 0 aliphatic rings. The van der Waals surface area contributed by atoms with Gasteiger partial charge in [0.15, 0.2) is 0 Å². The monoisotopic (exact) mass is 270 g/mol.